The highest BCUT2D eigenvalue weighted by atomic mass is 16.5. The lowest BCUT2D eigenvalue weighted by Gasteiger charge is -2.32. The summed E-state index contributed by atoms with van der Waals surface area (Å²) in [4.78, 5) is 0. The molecular weight excluding hydrogens is 306 g/mol. The number of ether oxygens (including phenoxy) is 4. The maximum absolute atomic E-state index is 6.09. The normalized spacial score (nSPS) is 20.9. The predicted molar refractivity (Wildman–Crippen MR) is 94.9 cm³/mol. The van der Waals surface area contributed by atoms with E-state index in [9.17, 15) is 0 Å². The van der Waals surface area contributed by atoms with Gasteiger partial charge < -0.3 is 24.3 Å². The van der Waals surface area contributed by atoms with E-state index in [4.69, 9.17) is 18.9 Å². The molecule has 24 heavy (non-hydrogen) atoms. The minimum absolute atomic E-state index is 0.226. The van der Waals surface area contributed by atoms with Crippen molar-refractivity contribution in [2.24, 2.45) is 0 Å². The Kier molecular flexibility index (Phi) is 9.13. The lowest BCUT2D eigenvalue weighted by atomic mass is 9.87. The molecular formula is C19H31NO4. The summed E-state index contributed by atoms with van der Waals surface area (Å²) >= 11 is 0. The van der Waals surface area contributed by atoms with Crippen LogP contribution < -0.4 is 10.1 Å². The third-order valence-electron chi connectivity index (χ3n) is 4.32. The van der Waals surface area contributed by atoms with Crippen LogP contribution in [0.15, 0.2) is 24.3 Å². The molecule has 1 fully saturated rings. The zero-order valence-corrected chi connectivity index (χ0v) is 15.0. The number of methoxy groups -OCH3 is 2. The zero-order chi connectivity index (χ0) is 17.0. The number of piperidine rings is 1. The Balaban J connectivity index is 1.85. The van der Waals surface area contributed by atoms with Gasteiger partial charge in [-0.3, -0.25) is 0 Å². The molecule has 1 aliphatic heterocycles. The summed E-state index contributed by atoms with van der Waals surface area (Å²) in [5.74, 6) is 1.36. The van der Waals surface area contributed by atoms with Crippen molar-refractivity contribution in [3.8, 4) is 5.75 Å². The molecule has 1 aromatic rings. The second-order valence-electron chi connectivity index (χ2n) is 6.12. The average molecular weight is 337 g/mol. The van der Waals surface area contributed by atoms with Gasteiger partial charge in [0.05, 0.1) is 12.7 Å². The van der Waals surface area contributed by atoms with E-state index in [0.29, 0.717) is 12.5 Å². The van der Waals surface area contributed by atoms with Gasteiger partial charge in [-0.15, -0.1) is 0 Å². The summed E-state index contributed by atoms with van der Waals surface area (Å²) in [6.07, 6.45) is 3.17. The summed E-state index contributed by atoms with van der Waals surface area (Å²) < 4.78 is 21.9. The van der Waals surface area contributed by atoms with Crippen LogP contribution >= 0.6 is 0 Å². The molecule has 0 aromatic heterocycles. The van der Waals surface area contributed by atoms with E-state index in [2.05, 4.69) is 29.6 Å². The van der Waals surface area contributed by atoms with Crippen molar-refractivity contribution >= 4 is 0 Å². The van der Waals surface area contributed by atoms with Crippen molar-refractivity contribution in [1.29, 1.82) is 0 Å². The minimum atomic E-state index is 0.226. The topological polar surface area (TPSA) is 49.0 Å². The Morgan fingerprint density at radius 2 is 1.67 bits per heavy atom. The maximum Gasteiger partial charge on any atom is 0.119 e. The lowest BCUT2D eigenvalue weighted by molar-refractivity contribution is 0.0124. The summed E-state index contributed by atoms with van der Waals surface area (Å²) in [6, 6.07) is 8.47. The van der Waals surface area contributed by atoms with Gasteiger partial charge in [0.25, 0.3) is 0 Å². The molecule has 5 heteroatoms. The second-order valence-corrected chi connectivity index (χ2v) is 6.12. The molecule has 0 saturated carbocycles. The van der Waals surface area contributed by atoms with Crippen molar-refractivity contribution in [2.75, 3.05) is 53.7 Å². The summed E-state index contributed by atoms with van der Waals surface area (Å²) in [6.45, 7) is 4.86. The fourth-order valence-electron chi connectivity index (χ4n) is 3.03. The highest BCUT2D eigenvalue weighted by Gasteiger charge is 2.26. The van der Waals surface area contributed by atoms with E-state index < -0.39 is 0 Å². The van der Waals surface area contributed by atoms with Crippen LogP contribution in [0.4, 0.5) is 0 Å². The van der Waals surface area contributed by atoms with Crippen LogP contribution in [0.3, 0.4) is 0 Å². The van der Waals surface area contributed by atoms with Gasteiger partial charge >= 0.3 is 0 Å². The SMILES string of the molecule is COCCCOc1ccc(C2CCNCC2OCCCOC)cc1. The van der Waals surface area contributed by atoms with E-state index in [0.717, 1.165) is 57.9 Å². The standard InChI is InChI=1S/C19H31NO4/c1-21-11-3-13-23-17-7-5-16(6-8-17)18-9-10-20-15-19(18)24-14-4-12-22-2/h5-8,18-20H,3-4,9-15H2,1-2H3. The number of rotatable bonds is 11. The molecule has 0 aliphatic carbocycles. The Morgan fingerprint density at radius 1 is 0.958 bits per heavy atom. The van der Waals surface area contributed by atoms with E-state index in [1.165, 1.54) is 5.56 Å². The van der Waals surface area contributed by atoms with Crippen molar-refractivity contribution in [3.63, 3.8) is 0 Å². The molecule has 0 amide bonds. The average Bonchev–Trinajstić information content (AvgIpc) is 2.63. The van der Waals surface area contributed by atoms with E-state index in [-0.39, 0.29) is 6.10 Å². The summed E-state index contributed by atoms with van der Waals surface area (Å²) in [7, 11) is 3.44. The number of nitrogens with one attached hydrogen (secondary N) is 1. The number of hydrogen-bond donors (Lipinski definition) is 1. The largest absolute Gasteiger partial charge is 0.494 e. The van der Waals surface area contributed by atoms with Gasteiger partial charge in [0.1, 0.15) is 5.75 Å². The molecule has 1 heterocycles. The van der Waals surface area contributed by atoms with Crippen molar-refractivity contribution in [1.82, 2.24) is 5.32 Å². The van der Waals surface area contributed by atoms with Crippen LogP contribution in [0.1, 0.15) is 30.7 Å². The first-order chi connectivity index (χ1) is 11.8. The highest BCUT2D eigenvalue weighted by molar-refractivity contribution is 5.30. The van der Waals surface area contributed by atoms with Crippen LogP contribution in [-0.4, -0.2) is 59.8 Å². The van der Waals surface area contributed by atoms with Crippen LogP contribution in [0, 0.1) is 0 Å². The first-order valence-electron chi connectivity index (χ1n) is 8.88. The van der Waals surface area contributed by atoms with Gasteiger partial charge in [0.2, 0.25) is 0 Å². The Labute approximate surface area is 145 Å². The molecule has 0 spiro atoms. The molecule has 2 unspecified atom stereocenters. The van der Waals surface area contributed by atoms with Crippen molar-refractivity contribution < 1.29 is 18.9 Å². The van der Waals surface area contributed by atoms with Gasteiger partial charge in [-0.25, -0.2) is 0 Å². The van der Waals surface area contributed by atoms with Crippen molar-refractivity contribution in [2.45, 2.75) is 31.3 Å². The second kappa shape index (κ2) is 11.4. The monoisotopic (exact) mass is 337 g/mol. The van der Waals surface area contributed by atoms with Crippen LogP contribution in [0.5, 0.6) is 5.75 Å². The first-order valence-corrected chi connectivity index (χ1v) is 8.88. The fourth-order valence-corrected chi connectivity index (χ4v) is 3.03. The van der Waals surface area contributed by atoms with Gasteiger partial charge in [-0.1, -0.05) is 12.1 Å². The van der Waals surface area contributed by atoms with Gasteiger partial charge in [-0.2, -0.15) is 0 Å². The van der Waals surface area contributed by atoms with E-state index >= 15 is 0 Å². The zero-order valence-electron chi connectivity index (χ0n) is 15.0. The smallest absolute Gasteiger partial charge is 0.119 e. The molecule has 0 radical (unpaired) electrons. The van der Waals surface area contributed by atoms with Gasteiger partial charge in [-0.05, 0) is 37.1 Å². The molecule has 1 aromatic carbocycles. The summed E-state index contributed by atoms with van der Waals surface area (Å²) in [5, 5.41) is 3.43. The van der Waals surface area contributed by atoms with E-state index in [1.807, 2.05) is 0 Å². The third-order valence-corrected chi connectivity index (χ3v) is 4.32. The molecule has 5 nitrogen and oxygen atoms in total. The van der Waals surface area contributed by atoms with Crippen LogP contribution in [0.2, 0.25) is 0 Å². The fraction of sp³-hybridized carbons (Fsp3) is 0.684. The number of hydrogen-bond acceptors (Lipinski definition) is 5. The van der Waals surface area contributed by atoms with Gasteiger partial charge in [0.15, 0.2) is 0 Å². The van der Waals surface area contributed by atoms with E-state index in [1.54, 1.807) is 14.2 Å². The minimum Gasteiger partial charge on any atom is -0.494 e. The van der Waals surface area contributed by atoms with Crippen molar-refractivity contribution in [3.05, 3.63) is 29.8 Å². The Bertz CT molecular complexity index is 437. The first kappa shape index (κ1) is 19.2. The van der Waals surface area contributed by atoms with Crippen LogP contribution in [-0.2, 0) is 14.2 Å². The Morgan fingerprint density at radius 3 is 2.38 bits per heavy atom. The summed E-state index contributed by atoms with van der Waals surface area (Å²) in [5.41, 5.74) is 1.33. The predicted octanol–water partition coefficient (Wildman–Crippen LogP) is 2.60. The third kappa shape index (κ3) is 6.40. The molecule has 1 N–H and O–H groups in total. The molecule has 1 saturated heterocycles. The number of benzene rings is 1. The van der Waals surface area contributed by atoms with Crippen LogP contribution in [0.25, 0.3) is 0 Å². The molecule has 0 bridgehead atoms. The van der Waals surface area contributed by atoms with Gasteiger partial charge in [0, 0.05) is 52.9 Å². The lowest BCUT2D eigenvalue weighted by Crippen LogP contribution is -2.41. The highest BCUT2D eigenvalue weighted by Crippen LogP contribution is 2.29. The molecule has 2 rings (SSSR count). The Hall–Kier alpha value is -1.14. The quantitative estimate of drug-likeness (QED) is 0.629. The maximum atomic E-state index is 6.09. The molecule has 1 aliphatic rings. The molecule has 136 valence electrons. The molecule has 2 atom stereocenters.